The van der Waals surface area contributed by atoms with Gasteiger partial charge >= 0.3 is 0 Å². The summed E-state index contributed by atoms with van der Waals surface area (Å²) in [7, 11) is -3.77. The smallest absolute Gasteiger partial charge is 0.259 e. The van der Waals surface area contributed by atoms with Crippen LogP contribution in [-0.2, 0) is 10.0 Å². The van der Waals surface area contributed by atoms with Crippen molar-refractivity contribution in [2.45, 2.75) is 31.2 Å². The molecular formula is C30H26ClN3O4S. The number of hydrogen-bond donors (Lipinski definition) is 2. The molecule has 0 atom stereocenters. The van der Waals surface area contributed by atoms with E-state index in [-0.39, 0.29) is 16.2 Å². The van der Waals surface area contributed by atoms with Crippen LogP contribution in [-0.4, -0.2) is 19.9 Å². The molecular weight excluding hydrogens is 534 g/mol. The van der Waals surface area contributed by atoms with Crippen molar-refractivity contribution in [1.82, 2.24) is 4.72 Å². The maximum absolute atomic E-state index is 13.2. The zero-order valence-electron chi connectivity index (χ0n) is 21.5. The molecule has 9 heteroatoms. The lowest BCUT2D eigenvalue weighted by Crippen LogP contribution is -2.40. The van der Waals surface area contributed by atoms with E-state index < -0.39 is 21.5 Å². The lowest BCUT2D eigenvalue weighted by molar-refractivity contribution is 0.102. The Morgan fingerprint density at radius 3 is 2.26 bits per heavy atom. The predicted molar refractivity (Wildman–Crippen MR) is 153 cm³/mol. The van der Waals surface area contributed by atoms with Gasteiger partial charge in [-0.1, -0.05) is 54.1 Å². The van der Waals surface area contributed by atoms with Gasteiger partial charge in [-0.3, -0.25) is 4.79 Å². The summed E-state index contributed by atoms with van der Waals surface area (Å²) in [4.78, 5) is 13.4. The molecule has 0 radical (unpaired) electrons. The number of halogens is 1. The molecule has 0 aliphatic rings. The molecule has 4 aromatic rings. The summed E-state index contributed by atoms with van der Waals surface area (Å²) in [6.45, 7) is 5.34. The number of ether oxygens (including phenoxy) is 1. The minimum absolute atomic E-state index is 0.162. The third-order valence-corrected chi connectivity index (χ3v) is 7.54. The largest absolute Gasteiger partial charge is 0.455 e. The molecule has 2 N–H and O–H groups in total. The predicted octanol–water partition coefficient (Wildman–Crippen LogP) is 7.00. The van der Waals surface area contributed by atoms with Crippen molar-refractivity contribution in [2.24, 2.45) is 0 Å². The fourth-order valence-electron chi connectivity index (χ4n) is 3.86. The highest BCUT2D eigenvalue weighted by molar-refractivity contribution is 7.89. The second-order valence-electron chi connectivity index (χ2n) is 9.73. The standard InChI is InChI=1S/C30H26ClN3O4S/c1-30(2,3)34-39(36,37)28-11-7-5-9-24(28)20-12-15-23(16-13-20)33-29(35)25-18-22(31)14-17-27(25)38-26-10-6-4-8-21(26)19-32/h4-18,34H,1-3H3,(H,33,35). The first-order chi connectivity index (χ1) is 18.5. The first-order valence-electron chi connectivity index (χ1n) is 12.0. The van der Waals surface area contributed by atoms with Gasteiger partial charge in [0.15, 0.2) is 0 Å². The summed E-state index contributed by atoms with van der Waals surface area (Å²) < 4.78 is 34.7. The maximum atomic E-state index is 13.2. The first-order valence-corrected chi connectivity index (χ1v) is 13.8. The van der Waals surface area contributed by atoms with Crippen molar-refractivity contribution in [3.8, 4) is 28.7 Å². The Hall–Kier alpha value is -4.16. The summed E-state index contributed by atoms with van der Waals surface area (Å²) in [5.41, 5.74) is 1.56. The minimum Gasteiger partial charge on any atom is -0.455 e. The van der Waals surface area contributed by atoms with Gasteiger partial charge in [0.05, 0.1) is 16.0 Å². The molecule has 4 rings (SSSR count). The number of hydrogen-bond acceptors (Lipinski definition) is 5. The van der Waals surface area contributed by atoms with Crippen molar-refractivity contribution in [3.05, 3.63) is 107 Å². The van der Waals surface area contributed by atoms with E-state index in [1.807, 2.05) is 0 Å². The average Bonchev–Trinajstić information content (AvgIpc) is 2.89. The van der Waals surface area contributed by atoms with Crippen LogP contribution in [0.5, 0.6) is 11.5 Å². The minimum atomic E-state index is -3.77. The number of nitrogens with one attached hydrogen (secondary N) is 2. The molecule has 4 aromatic carbocycles. The number of benzene rings is 4. The summed E-state index contributed by atoms with van der Waals surface area (Å²) in [5.74, 6) is 0.0871. The van der Waals surface area contributed by atoms with Crippen molar-refractivity contribution >= 4 is 33.2 Å². The molecule has 198 valence electrons. The zero-order chi connectivity index (χ0) is 28.2. The van der Waals surface area contributed by atoms with Crippen LogP contribution in [0.1, 0.15) is 36.7 Å². The van der Waals surface area contributed by atoms with E-state index in [1.165, 1.54) is 6.07 Å². The van der Waals surface area contributed by atoms with E-state index in [0.717, 1.165) is 0 Å². The number of carbonyl (C=O) groups is 1. The number of carbonyl (C=O) groups excluding carboxylic acids is 1. The quantitative estimate of drug-likeness (QED) is 0.253. The highest BCUT2D eigenvalue weighted by Crippen LogP contribution is 2.32. The van der Waals surface area contributed by atoms with Crippen LogP contribution in [0.3, 0.4) is 0 Å². The Bertz CT molecular complexity index is 1670. The molecule has 0 saturated heterocycles. The Labute approximate surface area is 233 Å². The van der Waals surface area contributed by atoms with Crippen LogP contribution < -0.4 is 14.8 Å². The van der Waals surface area contributed by atoms with Crippen LogP contribution in [0.15, 0.2) is 95.9 Å². The van der Waals surface area contributed by atoms with Gasteiger partial charge in [0.25, 0.3) is 5.91 Å². The topological polar surface area (TPSA) is 108 Å². The average molecular weight is 560 g/mol. The molecule has 1 amide bonds. The van der Waals surface area contributed by atoms with E-state index in [4.69, 9.17) is 16.3 Å². The number of rotatable bonds is 7. The normalized spacial score (nSPS) is 11.5. The van der Waals surface area contributed by atoms with E-state index in [9.17, 15) is 18.5 Å². The number of anilines is 1. The summed E-state index contributed by atoms with van der Waals surface area (Å²) in [5, 5.41) is 12.5. The molecule has 0 aliphatic carbocycles. The molecule has 7 nitrogen and oxygen atoms in total. The number of nitrogens with zero attached hydrogens (tertiary/aromatic N) is 1. The lowest BCUT2D eigenvalue weighted by atomic mass is 10.1. The molecule has 0 aromatic heterocycles. The Kier molecular flexibility index (Phi) is 8.07. The molecule has 0 unspecified atom stereocenters. The van der Waals surface area contributed by atoms with Gasteiger partial charge in [0.2, 0.25) is 10.0 Å². The van der Waals surface area contributed by atoms with E-state index in [1.54, 1.807) is 106 Å². The van der Waals surface area contributed by atoms with Gasteiger partial charge in [-0.25, -0.2) is 13.1 Å². The van der Waals surface area contributed by atoms with Crippen molar-refractivity contribution < 1.29 is 17.9 Å². The first kappa shape index (κ1) is 27.9. The highest BCUT2D eigenvalue weighted by atomic mass is 35.5. The highest BCUT2D eigenvalue weighted by Gasteiger charge is 2.25. The van der Waals surface area contributed by atoms with E-state index in [0.29, 0.717) is 33.1 Å². The Balaban J connectivity index is 1.59. The van der Waals surface area contributed by atoms with Gasteiger partial charge in [-0.2, -0.15) is 5.26 Å². The van der Waals surface area contributed by atoms with Crippen LogP contribution in [0, 0.1) is 11.3 Å². The van der Waals surface area contributed by atoms with E-state index in [2.05, 4.69) is 16.1 Å². The van der Waals surface area contributed by atoms with Crippen LogP contribution in [0.2, 0.25) is 5.02 Å². The van der Waals surface area contributed by atoms with Gasteiger partial charge < -0.3 is 10.1 Å². The van der Waals surface area contributed by atoms with Crippen LogP contribution in [0.4, 0.5) is 5.69 Å². The third kappa shape index (κ3) is 6.84. The molecule has 0 bridgehead atoms. The second kappa shape index (κ2) is 11.3. The molecule has 0 fully saturated rings. The third-order valence-electron chi connectivity index (χ3n) is 5.48. The number of amides is 1. The monoisotopic (exact) mass is 559 g/mol. The van der Waals surface area contributed by atoms with Crippen molar-refractivity contribution in [3.63, 3.8) is 0 Å². The van der Waals surface area contributed by atoms with Gasteiger partial charge in [-0.15, -0.1) is 0 Å². The van der Waals surface area contributed by atoms with E-state index >= 15 is 0 Å². The van der Waals surface area contributed by atoms with Crippen molar-refractivity contribution in [1.29, 1.82) is 5.26 Å². The number of para-hydroxylation sites is 1. The molecule has 0 heterocycles. The maximum Gasteiger partial charge on any atom is 0.259 e. The van der Waals surface area contributed by atoms with Crippen molar-refractivity contribution in [2.75, 3.05) is 5.32 Å². The molecule has 39 heavy (non-hydrogen) atoms. The Morgan fingerprint density at radius 1 is 0.897 bits per heavy atom. The number of nitriles is 1. The molecule has 0 aliphatic heterocycles. The van der Waals surface area contributed by atoms with Gasteiger partial charge in [-0.05, 0) is 74.9 Å². The number of sulfonamides is 1. The molecule has 0 saturated carbocycles. The summed E-state index contributed by atoms with van der Waals surface area (Å²) in [6.07, 6.45) is 0. The SMILES string of the molecule is CC(C)(C)NS(=O)(=O)c1ccccc1-c1ccc(NC(=O)c2cc(Cl)ccc2Oc2ccccc2C#N)cc1. The van der Waals surface area contributed by atoms with Crippen LogP contribution in [0.25, 0.3) is 11.1 Å². The summed E-state index contributed by atoms with van der Waals surface area (Å²) in [6, 6.07) is 27.0. The fourth-order valence-corrected chi connectivity index (χ4v) is 5.69. The Morgan fingerprint density at radius 2 is 1.56 bits per heavy atom. The second-order valence-corrected chi connectivity index (χ2v) is 11.8. The van der Waals surface area contributed by atoms with Gasteiger partial charge in [0.1, 0.15) is 17.6 Å². The fraction of sp³-hybridized carbons (Fsp3) is 0.133. The van der Waals surface area contributed by atoms with Gasteiger partial charge in [0, 0.05) is 21.8 Å². The zero-order valence-corrected chi connectivity index (χ0v) is 23.1. The summed E-state index contributed by atoms with van der Waals surface area (Å²) >= 11 is 6.16. The molecule has 0 spiro atoms. The lowest BCUT2D eigenvalue weighted by Gasteiger charge is -2.21. The van der Waals surface area contributed by atoms with Crippen LogP contribution >= 0.6 is 11.6 Å².